The molecular formula is C27H43BrCl2N2O2. The van der Waals surface area contributed by atoms with Crippen molar-refractivity contribution < 1.29 is 9.47 Å². The average molecular weight is 578 g/mol. The highest BCUT2D eigenvalue weighted by Gasteiger charge is 2.13. The molecule has 1 N–H and O–H groups in total. The minimum atomic E-state index is 0. The Morgan fingerprint density at radius 2 is 1.47 bits per heavy atom. The first kappa shape index (κ1) is 33.0. The summed E-state index contributed by atoms with van der Waals surface area (Å²) in [6.07, 6.45) is 6.30. The van der Waals surface area contributed by atoms with E-state index >= 15 is 0 Å². The molecule has 0 unspecified atom stereocenters. The molecule has 0 aliphatic rings. The van der Waals surface area contributed by atoms with Gasteiger partial charge in [-0.25, -0.2) is 0 Å². The second kappa shape index (κ2) is 20.2. The van der Waals surface area contributed by atoms with Crippen LogP contribution in [0.25, 0.3) is 0 Å². The first-order valence-corrected chi connectivity index (χ1v) is 13.0. The lowest BCUT2D eigenvalue weighted by Crippen LogP contribution is -2.29. The Hall–Kier alpha value is -0.980. The summed E-state index contributed by atoms with van der Waals surface area (Å²) in [6.45, 7) is 13.1. The highest BCUT2D eigenvalue weighted by Crippen LogP contribution is 2.37. The summed E-state index contributed by atoms with van der Waals surface area (Å²) in [7, 11) is 0. The van der Waals surface area contributed by atoms with Gasteiger partial charge in [-0.3, -0.25) is 0 Å². The zero-order chi connectivity index (χ0) is 23.0. The van der Waals surface area contributed by atoms with E-state index in [0.29, 0.717) is 13.2 Å². The van der Waals surface area contributed by atoms with E-state index < -0.39 is 0 Å². The topological polar surface area (TPSA) is 33.7 Å². The van der Waals surface area contributed by atoms with Crippen molar-refractivity contribution in [1.29, 1.82) is 0 Å². The van der Waals surface area contributed by atoms with E-state index in [9.17, 15) is 0 Å². The number of hydrogen-bond donors (Lipinski definition) is 1. The third-order valence-corrected chi connectivity index (χ3v) is 6.00. The van der Waals surface area contributed by atoms with Gasteiger partial charge in [-0.05, 0) is 91.6 Å². The normalized spacial score (nSPS) is 10.5. The monoisotopic (exact) mass is 576 g/mol. The SMILES string of the molecule is CCCCN(CCCC)CCCNCc1cc(Br)c(OCc2ccccc2)c(OCC)c1.Cl.Cl. The predicted octanol–water partition coefficient (Wildman–Crippen LogP) is 7.65. The number of hydrogen-bond acceptors (Lipinski definition) is 4. The zero-order valence-electron chi connectivity index (χ0n) is 21.0. The maximum Gasteiger partial charge on any atom is 0.175 e. The highest BCUT2D eigenvalue weighted by atomic mass is 79.9. The van der Waals surface area contributed by atoms with Gasteiger partial charge < -0.3 is 19.7 Å². The highest BCUT2D eigenvalue weighted by molar-refractivity contribution is 9.10. The molecule has 0 aliphatic carbocycles. The summed E-state index contributed by atoms with van der Waals surface area (Å²) in [5, 5.41) is 3.60. The second-order valence-corrected chi connectivity index (χ2v) is 9.05. The summed E-state index contributed by atoms with van der Waals surface area (Å²) in [5.41, 5.74) is 2.33. The first-order valence-electron chi connectivity index (χ1n) is 12.2. The van der Waals surface area contributed by atoms with Gasteiger partial charge in [0, 0.05) is 6.54 Å². The lowest BCUT2D eigenvalue weighted by atomic mass is 10.2. The molecule has 0 spiro atoms. The minimum absolute atomic E-state index is 0. The molecule has 2 aromatic carbocycles. The fraction of sp³-hybridized carbons (Fsp3) is 0.556. The Bertz CT molecular complexity index is 758. The van der Waals surface area contributed by atoms with E-state index in [4.69, 9.17) is 9.47 Å². The molecule has 2 aromatic rings. The molecule has 4 nitrogen and oxygen atoms in total. The summed E-state index contributed by atoms with van der Waals surface area (Å²) in [4.78, 5) is 2.62. The number of nitrogens with one attached hydrogen (secondary N) is 1. The van der Waals surface area contributed by atoms with Crippen LogP contribution in [-0.4, -0.2) is 37.7 Å². The van der Waals surface area contributed by atoms with Gasteiger partial charge in [0.15, 0.2) is 11.5 Å². The van der Waals surface area contributed by atoms with Gasteiger partial charge in [-0.1, -0.05) is 57.0 Å². The van der Waals surface area contributed by atoms with Gasteiger partial charge in [-0.15, -0.1) is 24.8 Å². The van der Waals surface area contributed by atoms with Gasteiger partial charge in [0.1, 0.15) is 6.61 Å². The van der Waals surface area contributed by atoms with Crippen molar-refractivity contribution in [1.82, 2.24) is 10.2 Å². The van der Waals surface area contributed by atoms with Crippen LogP contribution in [-0.2, 0) is 13.2 Å². The Morgan fingerprint density at radius 1 is 0.824 bits per heavy atom. The van der Waals surface area contributed by atoms with E-state index in [1.54, 1.807) is 0 Å². The van der Waals surface area contributed by atoms with Crippen molar-refractivity contribution in [2.45, 2.75) is 66.0 Å². The van der Waals surface area contributed by atoms with E-state index in [0.717, 1.165) is 34.6 Å². The van der Waals surface area contributed by atoms with Crippen LogP contribution in [0.4, 0.5) is 0 Å². The average Bonchev–Trinajstić information content (AvgIpc) is 2.80. The van der Waals surface area contributed by atoms with Crippen LogP contribution in [0.15, 0.2) is 46.9 Å². The Balaban J connectivity index is 0.00000544. The Morgan fingerprint density at radius 3 is 2.09 bits per heavy atom. The van der Waals surface area contributed by atoms with Crippen molar-refractivity contribution in [3.05, 3.63) is 58.1 Å². The Labute approximate surface area is 228 Å². The van der Waals surface area contributed by atoms with Crippen LogP contribution < -0.4 is 14.8 Å². The van der Waals surface area contributed by atoms with E-state index in [1.807, 2.05) is 25.1 Å². The number of rotatable bonds is 17. The number of benzene rings is 2. The summed E-state index contributed by atoms with van der Waals surface area (Å²) < 4.78 is 12.9. The molecule has 194 valence electrons. The predicted molar refractivity (Wildman–Crippen MR) is 153 cm³/mol. The van der Waals surface area contributed by atoms with Crippen molar-refractivity contribution >= 4 is 40.7 Å². The quantitative estimate of drug-likeness (QED) is 0.196. The molecule has 34 heavy (non-hydrogen) atoms. The number of ether oxygens (including phenoxy) is 2. The molecule has 0 fully saturated rings. The van der Waals surface area contributed by atoms with E-state index in [1.165, 1.54) is 57.3 Å². The van der Waals surface area contributed by atoms with Crippen LogP contribution >= 0.6 is 40.7 Å². The molecule has 0 bridgehead atoms. The molecule has 7 heteroatoms. The van der Waals surface area contributed by atoms with E-state index in [-0.39, 0.29) is 24.8 Å². The molecule has 0 atom stereocenters. The summed E-state index contributed by atoms with van der Waals surface area (Å²) >= 11 is 3.69. The van der Waals surface area contributed by atoms with Crippen LogP contribution in [0.2, 0.25) is 0 Å². The fourth-order valence-corrected chi connectivity index (χ4v) is 4.22. The third-order valence-electron chi connectivity index (χ3n) is 5.41. The molecule has 0 saturated heterocycles. The molecule has 0 aromatic heterocycles. The van der Waals surface area contributed by atoms with Crippen molar-refractivity contribution in [2.75, 3.05) is 32.8 Å². The van der Waals surface area contributed by atoms with Crippen LogP contribution in [0, 0.1) is 0 Å². The lowest BCUT2D eigenvalue weighted by Gasteiger charge is -2.22. The third kappa shape index (κ3) is 12.6. The van der Waals surface area contributed by atoms with Gasteiger partial charge in [0.25, 0.3) is 0 Å². The second-order valence-electron chi connectivity index (χ2n) is 8.19. The smallest absolute Gasteiger partial charge is 0.175 e. The van der Waals surface area contributed by atoms with Crippen LogP contribution in [0.1, 0.15) is 64.0 Å². The number of nitrogens with zero attached hydrogens (tertiary/aromatic N) is 1. The van der Waals surface area contributed by atoms with Crippen molar-refractivity contribution in [3.63, 3.8) is 0 Å². The molecular weight excluding hydrogens is 535 g/mol. The first-order chi connectivity index (χ1) is 15.7. The van der Waals surface area contributed by atoms with Gasteiger partial charge >= 0.3 is 0 Å². The fourth-order valence-electron chi connectivity index (χ4n) is 3.62. The standard InChI is InChI=1S/C27H41BrN2O2.2ClH/c1-4-7-16-30(17-8-5-2)18-12-15-29-21-24-19-25(28)27(26(20-24)31-6-3)32-22-23-13-10-9-11-14-23;;/h9-11,13-14,19-20,29H,4-8,12,15-18,21-22H2,1-3H3;2*1H. The summed E-state index contributed by atoms with van der Waals surface area (Å²) in [5.74, 6) is 1.56. The molecule has 2 rings (SSSR count). The van der Waals surface area contributed by atoms with Gasteiger partial charge in [-0.2, -0.15) is 0 Å². The number of unbranched alkanes of at least 4 members (excludes halogenated alkanes) is 2. The zero-order valence-corrected chi connectivity index (χ0v) is 24.2. The van der Waals surface area contributed by atoms with Crippen LogP contribution in [0.3, 0.4) is 0 Å². The Kier molecular flexibility index (Phi) is 19.7. The van der Waals surface area contributed by atoms with Crippen molar-refractivity contribution in [2.24, 2.45) is 0 Å². The molecule has 0 radical (unpaired) electrons. The van der Waals surface area contributed by atoms with Gasteiger partial charge in [0.2, 0.25) is 0 Å². The largest absolute Gasteiger partial charge is 0.490 e. The molecule has 0 amide bonds. The molecule has 0 heterocycles. The lowest BCUT2D eigenvalue weighted by molar-refractivity contribution is 0.261. The molecule has 0 saturated carbocycles. The minimum Gasteiger partial charge on any atom is -0.490 e. The summed E-state index contributed by atoms with van der Waals surface area (Å²) in [6, 6.07) is 14.4. The van der Waals surface area contributed by atoms with E-state index in [2.05, 4.69) is 64.3 Å². The maximum absolute atomic E-state index is 6.10. The molecule has 0 aliphatic heterocycles. The van der Waals surface area contributed by atoms with Crippen molar-refractivity contribution in [3.8, 4) is 11.5 Å². The van der Waals surface area contributed by atoms with Crippen LogP contribution in [0.5, 0.6) is 11.5 Å². The maximum atomic E-state index is 6.10. The van der Waals surface area contributed by atoms with Gasteiger partial charge in [0.05, 0.1) is 11.1 Å². The number of halogens is 3.